The number of halogens is 1. The van der Waals surface area contributed by atoms with Crippen molar-refractivity contribution >= 4 is 45.8 Å². The van der Waals surface area contributed by atoms with Gasteiger partial charge in [0, 0.05) is 18.1 Å². The van der Waals surface area contributed by atoms with Crippen LogP contribution in [0.4, 0.5) is 26.5 Å². The molecule has 0 saturated heterocycles. The van der Waals surface area contributed by atoms with E-state index in [1.54, 1.807) is 29.9 Å². The number of rotatable bonds is 5. The van der Waals surface area contributed by atoms with Crippen LogP contribution in [0.3, 0.4) is 0 Å². The van der Waals surface area contributed by atoms with E-state index in [1.807, 2.05) is 6.07 Å². The molecule has 12 heteroatoms. The van der Waals surface area contributed by atoms with Gasteiger partial charge in [0.1, 0.15) is 11.4 Å². The number of nitrogen functional groups attached to an aromatic ring is 2. The summed E-state index contributed by atoms with van der Waals surface area (Å²) in [6.07, 6.45) is 1.01. The number of nitrogens with zero attached hydrogens (tertiary/aromatic N) is 6. The Bertz CT molecular complexity index is 1250. The predicted molar refractivity (Wildman–Crippen MR) is 116 cm³/mol. The number of aromatic nitrogens is 5. The summed E-state index contributed by atoms with van der Waals surface area (Å²) in [6, 6.07) is 6.69. The third kappa shape index (κ3) is 3.84. The largest absolute Gasteiger partial charge is 0.449 e. The predicted octanol–water partition coefficient (Wildman–Crippen LogP) is 2.89. The van der Waals surface area contributed by atoms with Gasteiger partial charge in [0.15, 0.2) is 28.2 Å². The fourth-order valence-electron chi connectivity index (χ4n) is 3.12. The van der Waals surface area contributed by atoms with Crippen molar-refractivity contribution in [3.63, 3.8) is 0 Å². The highest BCUT2D eigenvalue weighted by Crippen LogP contribution is 2.32. The number of anilines is 3. The number of hydrogen-bond acceptors (Lipinski definition) is 9. The lowest BCUT2D eigenvalue weighted by Gasteiger charge is -2.19. The molecule has 4 aromatic rings. The molecular formula is C19H19FN8O2S. The maximum Gasteiger partial charge on any atom is 0.414 e. The third-order valence-corrected chi connectivity index (χ3v) is 5.33. The molecule has 0 spiro atoms. The molecule has 0 unspecified atom stereocenters. The summed E-state index contributed by atoms with van der Waals surface area (Å²) in [5.41, 5.74) is 13.4. The van der Waals surface area contributed by atoms with E-state index in [1.165, 1.54) is 13.1 Å². The monoisotopic (exact) mass is 442 g/mol. The van der Waals surface area contributed by atoms with Crippen LogP contribution < -0.4 is 16.4 Å². The van der Waals surface area contributed by atoms with Crippen LogP contribution in [0, 0.1) is 5.13 Å². The summed E-state index contributed by atoms with van der Waals surface area (Å²) in [5, 5.41) is 4.99. The van der Waals surface area contributed by atoms with Gasteiger partial charge in [-0.2, -0.15) is 9.49 Å². The highest BCUT2D eigenvalue weighted by Gasteiger charge is 2.23. The van der Waals surface area contributed by atoms with E-state index in [0.29, 0.717) is 23.3 Å². The molecule has 1 amide bonds. The molecule has 0 saturated carbocycles. The van der Waals surface area contributed by atoms with E-state index in [-0.39, 0.29) is 34.9 Å². The van der Waals surface area contributed by atoms with Crippen LogP contribution in [-0.2, 0) is 11.3 Å². The Kier molecular flexibility index (Phi) is 5.38. The van der Waals surface area contributed by atoms with Crippen LogP contribution in [0.2, 0.25) is 0 Å². The Balaban J connectivity index is 1.78. The second-order valence-corrected chi connectivity index (χ2v) is 7.63. The first-order valence-corrected chi connectivity index (χ1v) is 10.1. The molecule has 0 atom stereocenters. The average Bonchev–Trinajstić information content (AvgIpc) is 3.31. The SMILES string of the molecule is CCOC(=O)N(C)c1c(N)nc(-c2nn(Cc3ccc(F)s3)c3ncccc23)nc1N. The van der Waals surface area contributed by atoms with Gasteiger partial charge in [-0.1, -0.05) is 0 Å². The first kappa shape index (κ1) is 20.5. The van der Waals surface area contributed by atoms with Crippen LogP contribution in [0.25, 0.3) is 22.6 Å². The molecule has 4 heterocycles. The second-order valence-electron chi connectivity index (χ2n) is 6.51. The zero-order valence-corrected chi connectivity index (χ0v) is 17.6. The van der Waals surface area contributed by atoms with Crippen LogP contribution >= 0.6 is 11.3 Å². The first-order chi connectivity index (χ1) is 14.9. The van der Waals surface area contributed by atoms with Gasteiger partial charge in [0.05, 0.1) is 18.5 Å². The molecule has 31 heavy (non-hydrogen) atoms. The van der Waals surface area contributed by atoms with E-state index in [2.05, 4.69) is 20.1 Å². The maximum absolute atomic E-state index is 13.4. The molecule has 4 N–H and O–H groups in total. The lowest BCUT2D eigenvalue weighted by Crippen LogP contribution is -2.29. The van der Waals surface area contributed by atoms with Crippen molar-refractivity contribution < 1.29 is 13.9 Å². The van der Waals surface area contributed by atoms with Crippen molar-refractivity contribution in [2.24, 2.45) is 0 Å². The average molecular weight is 442 g/mol. The van der Waals surface area contributed by atoms with Crippen molar-refractivity contribution in [2.75, 3.05) is 30.0 Å². The van der Waals surface area contributed by atoms with Gasteiger partial charge >= 0.3 is 6.09 Å². The normalized spacial score (nSPS) is 11.1. The number of hydrogen-bond donors (Lipinski definition) is 2. The molecule has 0 fully saturated rings. The van der Waals surface area contributed by atoms with Gasteiger partial charge in [-0.25, -0.2) is 24.4 Å². The summed E-state index contributed by atoms with van der Waals surface area (Å²) < 4.78 is 20.0. The van der Waals surface area contributed by atoms with Crippen molar-refractivity contribution in [1.29, 1.82) is 0 Å². The fraction of sp³-hybridized carbons (Fsp3) is 0.211. The molecule has 0 aromatic carbocycles. The molecule has 0 radical (unpaired) electrons. The number of carbonyl (C=O) groups is 1. The number of thiophene rings is 1. The van der Waals surface area contributed by atoms with Gasteiger partial charge in [-0.3, -0.25) is 4.90 Å². The number of pyridine rings is 1. The minimum absolute atomic E-state index is 0.00460. The standard InChI is InChI=1S/C19H19FN8O2S/c1-3-30-19(29)27(2)14-15(21)24-17(25-16(14)22)13-11-5-4-8-23-18(11)28(26-13)9-10-6-7-12(20)31-10/h4-8H,3,9H2,1-2H3,(H4,21,22,24,25). The van der Waals surface area contributed by atoms with Crippen LogP contribution in [-0.4, -0.2) is 44.5 Å². The molecule has 0 aliphatic rings. The summed E-state index contributed by atoms with van der Waals surface area (Å²) in [7, 11) is 1.47. The van der Waals surface area contributed by atoms with E-state index in [9.17, 15) is 9.18 Å². The van der Waals surface area contributed by atoms with Gasteiger partial charge in [-0.05, 0) is 31.2 Å². The van der Waals surface area contributed by atoms with Gasteiger partial charge in [0.25, 0.3) is 0 Å². The van der Waals surface area contributed by atoms with Crippen molar-refractivity contribution in [1.82, 2.24) is 24.7 Å². The summed E-state index contributed by atoms with van der Waals surface area (Å²) >= 11 is 1.04. The van der Waals surface area contributed by atoms with E-state index >= 15 is 0 Å². The molecule has 0 aliphatic heterocycles. The van der Waals surface area contributed by atoms with E-state index in [4.69, 9.17) is 16.2 Å². The van der Waals surface area contributed by atoms with Gasteiger partial charge in [-0.15, -0.1) is 11.3 Å². The van der Waals surface area contributed by atoms with Gasteiger partial charge < -0.3 is 16.2 Å². The summed E-state index contributed by atoms with van der Waals surface area (Å²) in [5.74, 6) is 0.195. The topological polar surface area (TPSA) is 138 Å². The number of amides is 1. The quantitative estimate of drug-likeness (QED) is 0.481. The lowest BCUT2D eigenvalue weighted by atomic mass is 10.2. The first-order valence-electron chi connectivity index (χ1n) is 9.28. The van der Waals surface area contributed by atoms with Crippen LogP contribution in [0.15, 0.2) is 30.5 Å². The van der Waals surface area contributed by atoms with E-state index < -0.39 is 6.09 Å². The van der Waals surface area contributed by atoms with Gasteiger partial charge in [0.2, 0.25) is 0 Å². The van der Waals surface area contributed by atoms with E-state index in [0.717, 1.165) is 21.1 Å². The molecule has 0 aliphatic carbocycles. The number of ether oxygens (including phenoxy) is 1. The van der Waals surface area contributed by atoms with Crippen molar-refractivity contribution in [3.8, 4) is 11.5 Å². The zero-order chi connectivity index (χ0) is 22.1. The Labute approximate surface area is 180 Å². The molecule has 10 nitrogen and oxygen atoms in total. The molecular weight excluding hydrogens is 423 g/mol. The highest BCUT2D eigenvalue weighted by molar-refractivity contribution is 7.10. The third-order valence-electron chi connectivity index (χ3n) is 4.47. The highest BCUT2D eigenvalue weighted by atomic mass is 32.1. The smallest absolute Gasteiger partial charge is 0.414 e. The number of fused-ring (bicyclic) bond motifs is 1. The van der Waals surface area contributed by atoms with Crippen molar-refractivity contribution in [3.05, 3.63) is 40.5 Å². The lowest BCUT2D eigenvalue weighted by molar-refractivity contribution is 0.161. The zero-order valence-electron chi connectivity index (χ0n) is 16.7. The minimum atomic E-state index is -0.626. The van der Waals surface area contributed by atoms with Crippen LogP contribution in [0.5, 0.6) is 0 Å². The summed E-state index contributed by atoms with van der Waals surface area (Å²) in [4.78, 5) is 27.0. The molecule has 160 valence electrons. The molecule has 0 bridgehead atoms. The maximum atomic E-state index is 13.4. The molecule has 4 aromatic heterocycles. The molecule has 4 rings (SSSR count). The Morgan fingerprint density at radius 1 is 1.26 bits per heavy atom. The Morgan fingerprint density at radius 3 is 2.65 bits per heavy atom. The minimum Gasteiger partial charge on any atom is -0.449 e. The summed E-state index contributed by atoms with van der Waals surface area (Å²) in [6.45, 7) is 2.22. The fourth-order valence-corrected chi connectivity index (χ4v) is 3.83. The number of nitrogens with two attached hydrogens (primary N) is 2. The van der Waals surface area contributed by atoms with Crippen molar-refractivity contribution in [2.45, 2.75) is 13.5 Å². The van der Waals surface area contributed by atoms with Crippen LogP contribution in [0.1, 0.15) is 11.8 Å². The second kappa shape index (κ2) is 8.14. The Morgan fingerprint density at radius 2 is 2.00 bits per heavy atom. The number of carbonyl (C=O) groups excluding carboxylic acids is 1. The Hall–Kier alpha value is -3.80.